The lowest BCUT2D eigenvalue weighted by atomic mass is 9.96. The number of carbonyl (C=O) groups excluding carboxylic acids is 1. The third-order valence-corrected chi connectivity index (χ3v) is 4.22. The summed E-state index contributed by atoms with van der Waals surface area (Å²) in [5.41, 5.74) is 6.38. The zero-order valence-electron chi connectivity index (χ0n) is 14.5. The molecule has 1 aromatic heterocycles. The molecule has 0 unspecified atom stereocenters. The van der Waals surface area contributed by atoms with Crippen molar-refractivity contribution < 1.29 is 9.53 Å². The molecule has 126 valence electrons. The van der Waals surface area contributed by atoms with Gasteiger partial charge in [0.25, 0.3) is 0 Å². The Bertz CT molecular complexity index is 890. The standard InChI is InChI=1S/C22H21NO2/c1-4-8-18-20(22(24)25-3)19(16-9-6-5-7-10-16)21(23-18)17-13-11-15(2)12-14-17/h4-7,9-14,23H,1,8H2,2-3H3. The number of benzene rings is 2. The molecule has 0 amide bonds. The Kier molecular flexibility index (Phi) is 4.85. The number of allylic oxidation sites excluding steroid dienone is 1. The minimum atomic E-state index is -0.342. The summed E-state index contributed by atoms with van der Waals surface area (Å²) < 4.78 is 5.06. The fraction of sp³-hybridized carbons (Fsp3) is 0.136. The van der Waals surface area contributed by atoms with Crippen molar-refractivity contribution in [2.24, 2.45) is 0 Å². The molecule has 0 saturated carbocycles. The summed E-state index contributed by atoms with van der Waals surface area (Å²) in [6.07, 6.45) is 2.35. The van der Waals surface area contributed by atoms with Crippen molar-refractivity contribution in [3.05, 3.63) is 84.1 Å². The normalized spacial score (nSPS) is 10.5. The first-order valence-electron chi connectivity index (χ1n) is 8.22. The summed E-state index contributed by atoms with van der Waals surface area (Å²) in [7, 11) is 1.41. The number of rotatable bonds is 5. The minimum absolute atomic E-state index is 0.342. The molecular formula is C22H21NO2. The van der Waals surface area contributed by atoms with E-state index < -0.39 is 0 Å². The SMILES string of the molecule is C=CCc1[nH]c(-c2ccc(C)cc2)c(-c2ccccc2)c1C(=O)OC. The second kappa shape index (κ2) is 7.22. The van der Waals surface area contributed by atoms with E-state index in [4.69, 9.17) is 4.74 Å². The van der Waals surface area contributed by atoms with Crippen molar-refractivity contribution in [3.8, 4) is 22.4 Å². The van der Waals surface area contributed by atoms with Crippen LogP contribution in [-0.4, -0.2) is 18.1 Å². The highest BCUT2D eigenvalue weighted by molar-refractivity contribution is 6.03. The molecular weight excluding hydrogens is 310 g/mol. The van der Waals surface area contributed by atoms with E-state index in [2.05, 4.69) is 42.8 Å². The number of ether oxygens (including phenoxy) is 1. The highest BCUT2D eigenvalue weighted by Crippen LogP contribution is 2.37. The maximum atomic E-state index is 12.5. The summed E-state index contributed by atoms with van der Waals surface area (Å²) in [5, 5.41) is 0. The van der Waals surface area contributed by atoms with Crippen LogP contribution >= 0.6 is 0 Å². The number of methoxy groups -OCH3 is 1. The van der Waals surface area contributed by atoms with Gasteiger partial charge in [-0.15, -0.1) is 6.58 Å². The van der Waals surface area contributed by atoms with Crippen LogP contribution in [0.4, 0.5) is 0 Å². The van der Waals surface area contributed by atoms with Gasteiger partial charge in [-0.05, 0) is 18.1 Å². The van der Waals surface area contributed by atoms with E-state index in [0.29, 0.717) is 12.0 Å². The molecule has 0 aliphatic rings. The molecule has 3 heteroatoms. The Morgan fingerprint density at radius 1 is 1.08 bits per heavy atom. The van der Waals surface area contributed by atoms with Gasteiger partial charge in [0.15, 0.2) is 0 Å². The summed E-state index contributed by atoms with van der Waals surface area (Å²) in [6.45, 7) is 5.86. The Labute approximate surface area is 148 Å². The molecule has 3 rings (SSSR count). The van der Waals surface area contributed by atoms with E-state index in [1.807, 2.05) is 30.3 Å². The van der Waals surface area contributed by atoms with Gasteiger partial charge >= 0.3 is 5.97 Å². The van der Waals surface area contributed by atoms with Gasteiger partial charge < -0.3 is 9.72 Å². The third kappa shape index (κ3) is 3.26. The Hall–Kier alpha value is -3.07. The molecule has 0 aliphatic carbocycles. The lowest BCUT2D eigenvalue weighted by Crippen LogP contribution is -2.05. The first-order chi connectivity index (χ1) is 12.2. The van der Waals surface area contributed by atoms with Gasteiger partial charge in [-0.2, -0.15) is 0 Å². The van der Waals surface area contributed by atoms with Gasteiger partial charge in [-0.1, -0.05) is 66.2 Å². The van der Waals surface area contributed by atoms with Crippen molar-refractivity contribution in [2.45, 2.75) is 13.3 Å². The Balaban J connectivity index is 2.31. The van der Waals surface area contributed by atoms with Crippen LogP contribution in [0.3, 0.4) is 0 Å². The molecule has 0 saturated heterocycles. The topological polar surface area (TPSA) is 42.1 Å². The quantitative estimate of drug-likeness (QED) is 0.517. The molecule has 3 nitrogen and oxygen atoms in total. The monoisotopic (exact) mass is 331 g/mol. The van der Waals surface area contributed by atoms with Crippen LogP contribution in [0.1, 0.15) is 21.6 Å². The van der Waals surface area contributed by atoms with Gasteiger partial charge in [-0.25, -0.2) is 4.79 Å². The highest BCUT2D eigenvalue weighted by Gasteiger charge is 2.24. The number of H-pyrrole nitrogens is 1. The van der Waals surface area contributed by atoms with Gasteiger partial charge in [0.2, 0.25) is 0 Å². The first kappa shape index (κ1) is 16.8. The molecule has 0 radical (unpaired) electrons. The van der Waals surface area contributed by atoms with Crippen molar-refractivity contribution in [3.63, 3.8) is 0 Å². The van der Waals surface area contributed by atoms with Crippen LogP contribution in [0.5, 0.6) is 0 Å². The van der Waals surface area contributed by atoms with Crippen LogP contribution in [0.25, 0.3) is 22.4 Å². The van der Waals surface area contributed by atoms with Crippen LogP contribution in [0.2, 0.25) is 0 Å². The molecule has 0 fully saturated rings. The smallest absolute Gasteiger partial charge is 0.340 e. The Morgan fingerprint density at radius 2 is 1.76 bits per heavy atom. The molecule has 0 atom stereocenters. The molecule has 1 N–H and O–H groups in total. The Morgan fingerprint density at radius 3 is 2.36 bits per heavy atom. The molecule has 0 bridgehead atoms. The summed E-state index contributed by atoms with van der Waals surface area (Å²) in [6, 6.07) is 18.2. The largest absolute Gasteiger partial charge is 0.465 e. The van der Waals surface area contributed by atoms with Crippen molar-refractivity contribution in [1.29, 1.82) is 0 Å². The molecule has 1 heterocycles. The van der Waals surface area contributed by atoms with E-state index in [9.17, 15) is 4.79 Å². The average Bonchev–Trinajstić information content (AvgIpc) is 3.02. The third-order valence-electron chi connectivity index (χ3n) is 4.22. The number of nitrogens with one attached hydrogen (secondary N) is 1. The predicted octanol–water partition coefficient (Wildman–Crippen LogP) is 5.17. The number of aromatic nitrogens is 1. The van der Waals surface area contributed by atoms with Crippen molar-refractivity contribution in [2.75, 3.05) is 7.11 Å². The van der Waals surface area contributed by atoms with E-state index in [0.717, 1.165) is 28.1 Å². The minimum Gasteiger partial charge on any atom is -0.465 e. The predicted molar refractivity (Wildman–Crippen MR) is 102 cm³/mol. The maximum Gasteiger partial charge on any atom is 0.340 e. The zero-order chi connectivity index (χ0) is 17.8. The van der Waals surface area contributed by atoms with Crippen LogP contribution in [0.15, 0.2) is 67.3 Å². The molecule has 25 heavy (non-hydrogen) atoms. The van der Waals surface area contributed by atoms with E-state index in [-0.39, 0.29) is 5.97 Å². The average molecular weight is 331 g/mol. The highest BCUT2D eigenvalue weighted by atomic mass is 16.5. The second-order valence-electron chi connectivity index (χ2n) is 5.94. The first-order valence-corrected chi connectivity index (χ1v) is 8.22. The number of esters is 1. The van der Waals surface area contributed by atoms with Crippen LogP contribution in [0, 0.1) is 6.92 Å². The summed E-state index contributed by atoms with van der Waals surface area (Å²) in [4.78, 5) is 16.0. The number of aromatic amines is 1. The fourth-order valence-electron chi connectivity index (χ4n) is 3.01. The van der Waals surface area contributed by atoms with Crippen molar-refractivity contribution >= 4 is 5.97 Å². The van der Waals surface area contributed by atoms with Crippen LogP contribution < -0.4 is 0 Å². The van der Waals surface area contributed by atoms with Gasteiger partial charge in [0.05, 0.1) is 18.4 Å². The zero-order valence-corrected chi connectivity index (χ0v) is 14.5. The number of hydrogen-bond donors (Lipinski definition) is 1. The summed E-state index contributed by atoms with van der Waals surface area (Å²) >= 11 is 0. The molecule has 3 aromatic rings. The fourth-order valence-corrected chi connectivity index (χ4v) is 3.01. The van der Waals surface area contributed by atoms with Gasteiger partial charge in [0, 0.05) is 17.7 Å². The lowest BCUT2D eigenvalue weighted by Gasteiger charge is -2.08. The number of aryl methyl sites for hydroxylation is 1. The maximum absolute atomic E-state index is 12.5. The molecule has 0 spiro atoms. The van der Waals surface area contributed by atoms with E-state index in [1.54, 1.807) is 6.08 Å². The van der Waals surface area contributed by atoms with E-state index in [1.165, 1.54) is 12.7 Å². The van der Waals surface area contributed by atoms with Crippen LogP contribution in [-0.2, 0) is 11.2 Å². The lowest BCUT2D eigenvalue weighted by molar-refractivity contribution is 0.0600. The molecule has 2 aromatic carbocycles. The molecule has 0 aliphatic heterocycles. The summed E-state index contributed by atoms with van der Waals surface area (Å²) in [5.74, 6) is -0.342. The van der Waals surface area contributed by atoms with Gasteiger partial charge in [-0.3, -0.25) is 0 Å². The van der Waals surface area contributed by atoms with Crippen molar-refractivity contribution in [1.82, 2.24) is 4.98 Å². The number of hydrogen-bond acceptors (Lipinski definition) is 2. The van der Waals surface area contributed by atoms with E-state index >= 15 is 0 Å². The second-order valence-corrected chi connectivity index (χ2v) is 5.94. The van der Waals surface area contributed by atoms with Gasteiger partial charge in [0.1, 0.15) is 0 Å². The number of carbonyl (C=O) groups is 1.